The highest BCUT2D eigenvalue weighted by molar-refractivity contribution is 6.33. The number of rotatable bonds is 0. The largest absolute Gasteiger partial charge is 0.361 e. The molecule has 0 aliphatic rings. The highest BCUT2D eigenvalue weighted by Gasteiger charge is 1.96. The fourth-order valence-corrected chi connectivity index (χ4v) is 0. The Bertz CT molecular complexity index is 107. The fraction of sp³-hybridized carbons (Fsp3) is 0.600. The average molecular weight is 147 g/mol. The standard InChI is InChI=1S/C3H9N.C2H4N2O2/c1-4(2)3;3-1(5)2(4)6/h1-3H3;(H2,3,5)(H2,4,6). The Labute approximate surface area is 60.0 Å². The molecule has 0 spiro atoms. The lowest BCUT2D eigenvalue weighted by molar-refractivity contribution is -0.135. The summed E-state index contributed by atoms with van der Waals surface area (Å²) in [5, 5.41) is 0. The van der Waals surface area contributed by atoms with Gasteiger partial charge in [0.2, 0.25) is 0 Å². The predicted molar refractivity (Wildman–Crippen MR) is 38.0 cm³/mol. The second-order valence-corrected chi connectivity index (χ2v) is 2.07. The zero-order chi connectivity index (χ0) is 8.73. The van der Waals surface area contributed by atoms with Crippen LogP contribution in [0, 0.1) is 0 Å². The molecule has 0 fully saturated rings. The first kappa shape index (κ1) is 11.7. The van der Waals surface area contributed by atoms with E-state index in [1.54, 1.807) is 0 Å². The molecule has 10 heavy (non-hydrogen) atoms. The minimum atomic E-state index is -1.10. The molecule has 0 heterocycles. The maximum atomic E-state index is 9.45. The monoisotopic (exact) mass is 147 g/mol. The normalized spacial score (nSPS) is 8.00. The van der Waals surface area contributed by atoms with E-state index in [0.29, 0.717) is 0 Å². The maximum absolute atomic E-state index is 9.45. The second kappa shape index (κ2) is 6.03. The quantitative estimate of drug-likeness (QED) is 0.393. The van der Waals surface area contributed by atoms with E-state index in [1.807, 2.05) is 26.0 Å². The third-order valence-corrected chi connectivity index (χ3v) is 0.243. The van der Waals surface area contributed by atoms with E-state index in [4.69, 9.17) is 0 Å². The first-order valence-corrected chi connectivity index (χ1v) is 2.58. The number of carbonyl (C=O) groups is 2. The van der Waals surface area contributed by atoms with Gasteiger partial charge < -0.3 is 16.4 Å². The molecule has 0 saturated carbocycles. The van der Waals surface area contributed by atoms with Crippen LogP contribution in [0.15, 0.2) is 0 Å². The third-order valence-electron chi connectivity index (χ3n) is 0.243. The first-order valence-electron chi connectivity index (χ1n) is 2.58. The molecule has 0 saturated heterocycles. The molecule has 0 unspecified atom stereocenters. The summed E-state index contributed by atoms with van der Waals surface area (Å²) in [7, 11) is 6.00. The lowest BCUT2D eigenvalue weighted by atomic mass is 10.6. The van der Waals surface area contributed by atoms with E-state index in [1.165, 1.54) is 0 Å². The molecule has 0 aromatic rings. The van der Waals surface area contributed by atoms with Crippen molar-refractivity contribution >= 4 is 11.8 Å². The number of carbonyl (C=O) groups excluding carboxylic acids is 2. The molecule has 0 rings (SSSR count). The molecule has 0 radical (unpaired) electrons. The second-order valence-electron chi connectivity index (χ2n) is 2.07. The predicted octanol–water partition coefficient (Wildman–Crippen LogP) is -1.87. The summed E-state index contributed by atoms with van der Waals surface area (Å²) < 4.78 is 0. The molecule has 0 bridgehead atoms. The van der Waals surface area contributed by atoms with Crippen LogP contribution >= 0.6 is 0 Å². The van der Waals surface area contributed by atoms with Gasteiger partial charge in [0.25, 0.3) is 0 Å². The molecule has 60 valence electrons. The maximum Gasteiger partial charge on any atom is 0.306 e. The van der Waals surface area contributed by atoms with Crippen molar-refractivity contribution in [3.63, 3.8) is 0 Å². The Balaban J connectivity index is 0. The van der Waals surface area contributed by atoms with Gasteiger partial charge in [-0.1, -0.05) is 0 Å². The number of amides is 2. The topological polar surface area (TPSA) is 89.4 Å². The van der Waals surface area contributed by atoms with E-state index in [0.717, 1.165) is 0 Å². The van der Waals surface area contributed by atoms with Crippen LogP contribution in [0.2, 0.25) is 0 Å². The van der Waals surface area contributed by atoms with Crippen LogP contribution in [0.1, 0.15) is 0 Å². The molecule has 5 nitrogen and oxygen atoms in total. The molecule has 2 amide bonds. The van der Waals surface area contributed by atoms with Crippen LogP contribution in [0.5, 0.6) is 0 Å². The molecule has 0 aromatic carbocycles. The molecular formula is C5H13N3O2. The zero-order valence-corrected chi connectivity index (χ0v) is 6.42. The van der Waals surface area contributed by atoms with E-state index < -0.39 is 11.8 Å². The Morgan fingerprint density at radius 3 is 1.10 bits per heavy atom. The molecule has 0 aliphatic heterocycles. The Morgan fingerprint density at radius 1 is 1.00 bits per heavy atom. The summed E-state index contributed by atoms with van der Waals surface area (Å²) in [4.78, 5) is 20.9. The van der Waals surface area contributed by atoms with Crippen LogP contribution < -0.4 is 11.5 Å². The van der Waals surface area contributed by atoms with Crippen molar-refractivity contribution in [1.82, 2.24) is 4.90 Å². The summed E-state index contributed by atoms with van der Waals surface area (Å²) in [6, 6.07) is 0. The van der Waals surface area contributed by atoms with Crippen molar-refractivity contribution in [3.8, 4) is 0 Å². The number of primary amides is 2. The van der Waals surface area contributed by atoms with Crippen molar-refractivity contribution in [2.24, 2.45) is 11.5 Å². The smallest absolute Gasteiger partial charge is 0.306 e. The van der Waals surface area contributed by atoms with Gasteiger partial charge in [0, 0.05) is 0 Å². The molecule has 0 atom stereocenters. The van der Waals surface area contributed by atoms with Gasteiger partial charge >= 0.3 is 11.8 Å². The number of nitrogens with zero attached hydrogens (tertiary/aromatic N) is 1. The highest BCUT2D eigenvalue weighted by atomic mass is 16.2. The van der Waals surface area contributed by atoms with Gasteiger partial charge in [-0.15, -0.1) is 0 Å². The van der Waals surface area contributed by atoms with Crippen LogP contribution in [0.4, 0.5) is 0 Å². The van der Waals surface area contributed by atoms with Crippen molar-refractivity contribution in [1.29, 1.82) is 0 Å². The number of hydrogen-bond donors (Lipinski definition) is 2. The SMILES string of the molecule is CN(C)C.NC(=O)C(N)=O. The molecule has 0 aromatic heterocycles. The van der Waals surface area contributed by atoms with Gasteiger partial charge in [-0.2, -0.15) is 0 Å². The lowest BCUT2D eigenvalue weighted by Crippen LogP contribution is -2.29. The third kappa shape index (κ3) is 28.6. The lowest BCUT2D eigenvalue weighted by Gasteiger charge is -1.90. The van der Waals surface area contributed by atoms with E-state index in [-0.39, 0.29) is 0 Å². The summed E-state index contributed by atoms with van der Waals surface area (Å²) in [6.07, 6.45) is 0. The van der Waals surface area contributed by atoms with Gasteiger partial charge in [0.05, 0.1) is 0 Å². The van der Waals surface area contributed by atoms with Crippen LogP contribution in [-0.2, 0) is 9.59 Å². The first-order chi connectivity index (χ1) is 4.37. The van der Waals surface area contributed by atoms with Crippen LogP contribution in [-0.4, -0.2) is 37.9 Å². The minimum Gasteiger partial charge on any atom is -0.361 e. The highest BCUT2D eigenvalue weighted by Crippen LogP contribution is 1.47. The van der Waals surface area contributed by atoms with E-state index >= 15 is 0 Å². The molecular weight excluding hydrogens is 134 g/mol. The Kier molecular flexibility index (Phi) is 7.03. The number of hydrogen-bond acceptors (Lipinski definition) is 3. The summed E-state index contributed by atoms with van der Waals surface area (Å²) >= 11 is 0. The van der Waals surface area contributed by atoms with Crippen molar-refractivity contribution in [3.05, 3.63) is 0 Å². The van der Waals surface area contributed by atoms with Gasteiger partial charge in [-0.05, 0) is 21.1 Å². The molecule has 0 aliphatic carbocycles. The minimum absolute atomic E-state index is 1.10. The average Bonchev–Trinajstić information content (AvgIpc) is 1.63. The van der Waals surface area contributed by atoms with Crippen molar-refractivity contribution in [2.75, 3.05) is 21.1 Å². The zero-order valence-electron chi connectivity index (χ0n) is 6.42. The van der Waals surface area contributed by atoms with Gasteiger partial charge in [-0.25, -0.2) is 0 Å². The Morgan fingerprint density at radius 2 is 1.10 bits per heavy atom. The van der Waals surface area contributed by atoms with Gasteiger partial charge in [0.1, 0.15) is 0 Å². The summed E-state index contributed by atoms with van der Waals surface area (Å²) in [5.41, 5.74) is 8.64. The van der Waals surface area contributed by atoms with Crippen molar-refractivity contribution in [2.45, 2.75) is 0 Å². The molecule has 4 N–H and O–H groups in total. The molecule has 5 heteroatoms. The summed E-state index contributed by atoms with van der Waals surface area (Å²) in [5.74, 6) is -2.20. The summed E-state index contributed by atoms with van der Waals surface area (Å²) in [6.45, 7) is 0. The van der Waals surface area contributed by atoms with Crippen molar-refractivity contribution < 1.29 is 9.59 Å². The number of nitrogens with two attached hydrogens (primary N) is 2. The van der Waals surface area contributed by atoms with Crippen LogP contribution in [0.3, 0.4) is 0 Å². The van der Waals surface area contributed by atoms with Crippen LogP contribution in [0.25, 0.3) is 0 Å². The Hall–Kier alpha value is -1.10. The van der Waals surface area contributed by atoms with E-state index in [9.17, 15) is 9.59 Å². The van der Waals surface area contributed by atoms with Gasteiger partial charge in [0.15, 0.2) is 0 Å². The van der Waals surface area contributed by atoms with E-state index in [2.05, 4.69) is 11.5 Å². The fourth-order valence-electron chi connectivity index (χ4n) is 0. The van der Waals surface area contributed by atoms with Gasteiger partial charge in [-0.3, -0.25) is 9.59 Å².